The molecule has 6 aromatic rings. The SMILES string of the molecule is OC12c3[c-][n+](ccc3)C3(O)c4cccc(c4)C(O)(c4cccc1c4)c1cccc(n1)C(O)(c1cccc3c1)c1cccc2n1. The lowest BCUT2D eigenvalue weighted by atomic mass is 9.75. The molecule has 3 aromatic heterocycles. The molecule has 0 fully saturated rings. The highest BCUT2D eigenvalue weighted by atomic mass is 16.3. The summed E-state index contributed by atoms with van der Waals surface area (Å²) in [5, 5.41) is 52.0. The van der Waals surface area contributed by atoms with Crippen LogP contribution in [0.15, 0.2) is 128 Å². The van der Waals surface area contributed by atoms with E-state index in [-0.39, 0.29) is 22.8 Å². The minimum Gasteiger partial charge on any atom is -0.376 e. The molecule has 4 N–H and O–H groups in total. The number of aromatic nitrogens is 3. The topological polar surface area (TPSA) is 111 Å². The molecule has 212 valence electrons. The number of hydrogen-bond donors (Lipinski definition) is 4. The van der Waals surface area contributed by atoms with E-state index in [0.717, 1.165) is 0 Å². The lowest BCUT2D eigenvalue weighted by molar-refractivity contribution is -0.787. The van der Waals surface area contributed by atoms with Crippen LogP contribution in [0, 0.1) is 6.20 Å². The van der Waals surface area contributed by atoms with Gasteiger partial charge in [-0.25, -0.2) is 0 Å². The Morgan fingerprint density at radius 3 is 1.43 bits per heavy atom. The van der Waals surface area contributed by atoms with Crippen LogP contribution < -0.4 is 4.57 Å². The van der Waals surface area contributed by atoms with Gasteiger partial charge in [0.15, 0.2) is 11.2 Å². The molecule has 16 bridgehead atoms. The molecule has 10 rings (SSSR count). The van der Waals surface area contributed by atoms with Crippen LogP contribution in [-0.2, 0) is 22.5 Å². The molecular formula is C37H25N3O4. The van der Waals surface area contributed by atoms with Crippen LogP contribution in [0.4, 0.5) is 0 Å². The van der Waals surface area contributed by atoms with E-state index in [1.165, 1.54) is 4.57 Å². The van der Waals surface area contributed by atoms with Gasteiger partial charge < -0.3 is 20.4 Å². The molecule has 7 heteroatoms. The predicted octanol–water partition coefficient (Wildman–Crippen LogP) is 3.10. The summed E-state index contributed by atoms with van der Waals surface area (Å²) in [6.45, 7) is 0. The quantitative estimate of drug-likeness (QED) is 0.164. The van der Waals surface area contributed by atoms with Gasteiger partial charge in [-0.2, -0.15) is 6.07 Å². The molecule has 7 heterocycles. The van der Waals surface area contributed by atoms with Crippen molar-refractivity contribution in [2.24, 2.45) is 0 Å². The predicted molar refractivity (Wildman–Crippen MR) is 158 cm³/mol. The van der Waals surface area contributed by atoms with Crippen molar-refractivity contribution in [2.45, 2.75) is 22.5 Å². The van der Waals surface area contributed by atoms with E-state index < -0.39 is 22.5 Å². The zero-order valence-electron chi connectivity index (χ0n) is 23.3. The van der Waals surface area contributed by atoms with Crippen molar-refractivity contribution in [3.63, 3.8) is 0 Å². The highest BCUT2D eigenvalue weighted by molar-refractivity contribution is 5.55. The first-order chi connectivity index (χ1) is 21.3. The van der Waals surface area contributed by atoms with Gasteiger partial charge in [0.2, 0.25) is 0 Å². The molecular weight excluding hydrogens is 550 g/mol. The normalized spacial score (nSPS) is 27.0. The van der Waals surface area contributed by atoms with E-state index in [1.54, 1.807) is 128 Å². The minimum absolute atomic E-state index is 0.221. The largest absolute Gasteiger partial charge is 0.376 e. The van der Waals surface area contributed by atoms with Gasteiger partial charge in [0, 0.05) is 0 Å². The first-order valence-electron chi connectivity index (χ1n) is 14.4. The van der Waals surface area contributed by atoms with Gasteiger partial charge in [0.25, 0.3) is 0 Å². The number of pyridine rings is 3. The Labute approximate surface area is 252 Å². The van der Waals surface area contributed by atoms with E-state index in [0.29, 0.717) is 38.9 Å². The van der Waals surface area contributed by atoms with Crippen molar-refractivity contribution in [1.82, 2.24) is 9.97 Å². The van der Waals surface area contributed by atoms with Gasteiger partial charge in [-0.3, -0.25) is 14.5 Å². The molecule has 4 aliphatic heterocycles. The zero-order chi connectivity index (χ0) is 29.9. The van der Waals surface area contributed by atoms with Gasteiger partial charge in [-0.05, 0) is 76.9 Å². The lowest BCUT2D eigenvalue weighted by Gasteiger charge is -2.39. The summed E-state index contributed by atoms with van der Waals surface area (Å²) in [6.07, 6.45) is 5.00. The molecule has 3 aromatic carbocycles. The van der Waals surface area contributed by atoms with Gasteiger partial charge >= 0.3 is 5.72 Å². The van der Waals surface area contributed by atoms with Crippen molar-refractivity contribution in [3.8, 4) is 0 Å². The summed E-state index contributed by atoms with van der Waals surface area (Å²) in [5.41, 5.74) is -3.72. The molecule has 4 atom stereocenters. The lowest BCUT2D eigenvalue weighted by Crippen LogP contribution is -2.59. The average molecular weight is 576 g/mol. The van der Waals surface area contributed by atoms with Crippen LogP contribution in [0.3, 0.4) is 0 Å². The summed E-state index contributed by atoms with van der Waals surface area (Å²) < 4.78 is 1.53. The Morgan fingerprint density at radius 2 is 0.864 bits per heavy atom. The van der Waals surface area contributed by atoms with Crippen molar-refractivity contribution in [3.05, 3.63) is 195 Å². The number of nitrogens with zero attached hydrogens (tertiary/aromatic N) is 3. The highest BCUT2D eigenvalue weighted by Gasteiger charge is 2.49. The van der Waals surface area contributed by atoms with Crippen molar-refractivity contribution < 1.29 is 25.0 Å². The smallest absolute Gasteiger partial charge is 0.303 e. The number of aliphatic hydroxyl groups is 4. The van der Waals surface area contributed by atoms with Gasteiger partial charge in [0.1, 0.15) is 11.8 Å². The third-order valence-electron chi connectivity index (χ3n) is 9.52. The van der Waals surface area contributed by atoms with Crippen LogP contribution in [0.1, 0.15) is 61.7 Å². The molecule has 44 heavy (non-hydrogen) atoms. The van der Waals surface area contributed by atoms with Gasteiger partial charge in [-0.1, -0.05) is 60.2 Å². The van der Waals surface area contributed by atoms with E-state index in [4.69, 9.17) is 9.97 Å². The second-order valence-electron chi connectivity index (χ2n) is 11.8. The van der Waals surface area contributed by atoms with Crippen molar-refractivity contribution in [1.29, 1.82) is 0 Å². The second-order valence-corrected chi connectivity index (χ2v) is 11.8. The van der Waals surface area contributed by atoms with Crippen LogP contribution >= 0.6 is 0 Å². The maximum Gasteiger partial charge on any atom is 0.303 e. The molecule has 0 spiro atoms. The summed E-state index contributed by atoms with van der Waals surface area (Å²) in [4.78, 5) is 9.93. The second kappa shape index (κ2) is 8.31. The van der Waals surface area contributed by atoms with E-state index in [2.05, 4.69) is 6.20 Å². The molecule has 4 aliphatic rings. The first kappa shape index (κ1) is 25.4. The maximum absolute atomic E-state index is 13.0. The van der Waals surface area contributed by atoms with E-state index in [1.807, 2.05) is 0 Å². The first-order valence-corrected chi connectivity index (χ1v) is 14.4. The fraction of sp³-hybridized carbons (Fsp3) is 0.108. The fourth-order valence-electron chi connectivity index (χ4n) is 7.16. The van der Waals surface area contributed by atoms with Crippen LogP contribution in [0.25, 0.3) is 0 Å². The zero-order valence-corrected chi connectivity index (χ0v) is 23.3. The molecule has 0 radical (unpaired) electrons. The molecule has 0 saturated carbocycles. The third-order valence-corrected chi connectivity index (χ3v) is 9.52. The molecule has 0 aliphatic carbocycles. The van der Waals surface area contributed by atoms with Gasteiger partial charge in [0.05, 0.1) is 40.1 Å². The molecule has 0 saturated heterocycles. The average Bonchev–Trinajstić information content (AvgIpc) is 3.09. The molecule has 4 unspecified atom stereocenters. The van der Waals surface area contributed by atoms with Crippen molar-refractivity contribution in [2.75, 3.05) is 0 Å². The Kier molecular flexibility index (Phi) is 4.81. The number of hydrogen-bond acceptors (Lipinski definition) is 6. The van der Waals surface area contributed by atoms with E-state index in [9.17, 15) is 20.4 Å². The van der Waals surface area contributed by atoms with Gasteiger partial charge in [-0.15, -0.1) is 6.07 Å². The van der Waals surface area contributed by atoms with Crippen LogP contribution in [0.2, 0.25) is 0 Å². The van der Waals surface area contributed by atoms with Crippen LogP contribution in [0.5, 0.6) is 0 Å². The Bertz CT molecular complexity index is 1660. The third kappa shape index (κ3) is 2.96. The number of benzene rings is 3. The fourth-order valence-corrected chi connectivity index (χ4v) is 7.16. The Hall–Kier alpha value is -5.05. The standard InChI is InChI=1S/C37H25N3O4/c41-34-23-7-1-8-24(19-23)35(42)29-13-6-18-40(22-29)37(44,27-11-2-9-25(34)20-27)28-12-3-10-26(21-28)36(43,32-16-4-14-30(34)38-32)33-17-5-15-31(35)39-33/h1-21,41-44H. The number of rotatable bonds is 0. The Morgan fingerprint density at radius 1 is 0.455 bits per heavy atom. The highest BCUT2D eigenvalue weighted by Crippen LogP contribution is 2.46. The van der Waals surface area contributed by atoms with E-state index >= 15 is 0 Å². The maximum atomic E-state index is 13.0. The van der Waals surface area contributed by atoms with Crippen LogP contribution in [-0.4, -0.2) is 30.4 Å². The van der Waals surface area contributed by atoms with Crippen molar-refractivity contribution >= 4 is 0 Å². The summed E-state index contributed by atoms with van der Waals surface area (Å²) in [5.74, 6) is 0. The molecule has 0 amide bonds. The molecule has 7 nitrogen and oxygen atoms in total. The summed E-state index contributed by atoms with van der Waals surface area (Å²) in [6, 6.07) is 35.1. The Balaban J connectivity index is 1.63. The minimum atomic E-state index is -1.94. The summed E-state index contributed by atoms with van der Waals surface area (Å²) >= 11 is 0. The monoisotopic (exact) mass is 575 g/mol. The summed E-state index contributed by atoms with van der Waals surface area (Å²) in [7, 11) is 0.